The van der Waals surface area contributed by atoms with Crippen LogP contribution in [0.5, 0.6) is 0 Å². The molecule has 0 spiro atoms. The van der Waals surface area contributed by atoms with Crippen molar-refractivity contribution in [1.29, 1.82) is 5.26 Å². The third-order valence-electron chi connectivity index (χ3n) is 8.23. The number of nitrogens with one attached hydrogen (secondary N) is 2. The van der Waals surface area contributed by atoms with Gasteiger partial charge in [-0.3, -0.25) is 4.79 Å². The molecule has 0 aromatic carbocycles. The number of amides is 1. The molecule has 8 heteroatoms. The van der Waals surface area contributed by atoms with Gasteiger partial charge in [-0.2, -0.15) is 5.26 Å². The Bertz CT molecular complexity index is 1230. The van der Waals surface area contributed by atoms with E-state index in [-0.39, 0.29) is 11.9 Å². The Morgan fingerprint density at radius 1 is 1.17 bits per heavy atom. The molecule has 2 fully saturated rings. The Morgan fingerprint density at radius 2 is 1.91 bits per heavy atom. The van der Waals surface area contributed by atoms with E-state index >= 15 is 0 Å². The average Bonchev–Trinajstić information content (AvgIpc) is 3.43. The molecule has 1 amide bonds. The molecule has 2 aliphatic rings. The number of imidazole rings is 1. The molecule has 0 saturated heterocycles. The maximum Gasteiger partial charge on any atom is 0.227 e. The first-order valence-electron chi connectivity index (χ1n) is 13.0. The number of aromatic amines is 1. The van der Waals surface area contributed by atoms with Gasteiger partial charge in [0, 0.05) is 30.1 Å². The van der Waals surface area contributed by atoms with Crippen molar-refractivity contribution < 1.29 is 4.79 Å². The highest BCUT2D eigenvalue weighted by Gasteiger charge is 2.30. The Balaban J connectivity index is 1.36. The highest BCUT2D eigenvalue weighted by Crippen LogP contribution is 2.47. The van der Waals surface area contributed by atoms with Crippen LogP contribution in [0.25, 0.3) is 22.1 Å². The number of aromatic nitrogens is 4. The van der Waals surface area contributed by atoms with Gasteiger partial charge in [-0.25, -0.2) is 20.0 Å². The second-order valence-electron chi connectivity index (χ2n) is 11.3. The summed E-state index contributed by atoms with van der Waals surface area (Å²) in [7, 11) is -0.532. The quantitative estimate of drug-likeness (QED) is 0.491. The highest BCUT2D eigenvalue weighted by atomic mass is 32.3. The number of pyridine rings is 1. The molecule has 0 unspecified atom stereocenters. The first kappa shape index (κ1) is 24.2. The van der Waals surface area contributed by atoms with Crippen molar-refractivity contribution in [1.82, 2.24) is 24.8 Å². The summed E-state index contributed by atoms with van der Waals surface area (Å²) in [6, 6.07) is 4.97. The van der Waals surface area contributed by atoms with Crippen LogP contribution < -0.4 is 5.32 Å². The molecule has 0 radical (unpaired) electrons. The summed E-state index contributed by atoms with van der Waals surface area (Å²) < 4.78 is 2.33. The van der Waals surface area contributed by atoms with Gasteiger partial charge in [-0.1, -0.05) is 0 Å². The van der Waals surface area contributed by atoms with Crippen LogP contribution in [0.2, 0.25) is 0 Å². The number of fused-ring (bicyclic) bond motifs is 3. The second-order valence-corrected chi connectivity index (χ2v) is 15.8. The van der Waals surface area contributed by atoms with Crippen molar-refractivity contribution in [3.05, 3.63) is 24.3 Å². The van der Waals surface area contributed by atoms with E-state index in [9.17, 15) is 4.79 Å². The molecular formula is C27H38N6OS. The van der Waals surface area contributed by atoms with Crippen LogP contribution in [-0.4, -0.2) is 55.5 Å². The summed E-state index contributed by atoms with van der Waals surface area (Å²) in [5, 5.41) is 14.3. The number of carbonyl (C=O) groups is 1. The number of H-pyrrole nitrogens is 1. The molecule has 35 heavy (non-hydrogen) atoms. The molecule has 2 N–H and O–H groups in total. The average molecular weight is 495 g/mol. The van der Waals surface area contributed by atoms with Crippen LogP contribution in [0, 0.1) is 17.2 Å². The minimum Gasteiger partial charge on any atom is -0.353 e. The Morgan fingerprint density at radius 3 is 2.60 bits per heavy atom. The van der Waals surface area contributed by atoms with E-state index in [2.05, 4.69) is 50.8 Å². The van der Waals surface area contributed by atoms with Gasteiger partial charge in [-0.05, 0) is 87.4 Å². The predicted molar refractivity (Wildman–Crippen MR) is 144 cm³/mol. The molecule has 188 valence electrons. The van der Waals surface area contributed by atoms with Gasteiger partial charge >= 0.3 is 0 Å². The van der Waals surface area contributed by atoms with Crippen molar-refractivity contribution in [3.63, 3.8) is 0 Å². The van der Waals surface area contributed by atoms with E-state index in [0.717, 1.165) is 71.7 Å². The van der Waals surface area contributed by atoms with Gasteiger partial charge in [-0.15, -0.1) is 0 Å². The van der Waals surface area contributed by atoms with Gasteiger partial charge in [0.15, 0.2) is 0 Å². The van der Waals surface area contributed by atoms with Gasteiger partial charge in [0.25, 0.3) is 0 Å². The van der Waals surface area contributed by atoms with Crippen LogP contribution in [0.4, 0.5) is 0 Å². The Kier molecular flexibility index (Phi) is 6.80. The molecule has 0 bridgehead atoms. The normalized spacial score (nSPS) is 26.0. The van der Waals surface area contributed by atoms with Gasteiger partial charge in [0.05, 0.1) is 24.2 Å². The monoisotopic (exact) mass is 494 g/mol. The topological polar surface area (TPSA) is 99.4 Å². The van der Waals surface area contributed by atoms with Crippen molar-refractivity contribution in [2.75, 3.05) is 18.8 Å². The predicted octanol–water partition coefficient (Wildman–Crippen LogP) is 5.22. The molecular weight excluding hydrogens is 456 g/mol. The standard InChI is InChI=1S/C27H38N6OS/c1-35(2,3)21-10-6-19(7-11-21)31-25(34)16-24-32-23-17-30-27-22(13-15-29-27)26(23)33(24)20-8-4-18(5-9-20)12-14-28/h13,15,17-21H,4-12,16H2,1-3H3,(H,29,30)(H,31,34)/t18-,19-,20-,21-. The Hall–Kier alpha value is -2.53. The lowest BCUT2D eigenvalue weighted by Gasteiger charge is -2.41. The number of rotatable bonds is 6. The molecule has 3 aromatic heterocycles. The maximum atomic E-state index is 13.2. The zero-order chi connectivity index (χ0) is 24.6. The van der Waals surface area contributed by atoms with Crippen molar-refractivity contribution in [2.45, 2.75) is 81.5 Å². The third-order valence-corrected chi connectivity index (χ3v) is 10.7. The number of hydrogen-bond donors (Lipinski definition) is 2. The lowest BCUT2D eigenvalue weighted by Crippen LogP contribution is -2.40. The van der Waals surface area contributed by atoms with Crippen LogP contribution in [0.3, 0.4) is 0 Å². The fourth-order valence-electron chi connectivity index (χ4n) is 6.23. The fraction of sp³-hybridized carbons (Fsp3) is 0.630. The first-order valence-corrected chi connectivity index (χ1v) is 15.9. The molecule has 3 aromatic rings. The van der Waals surface area contributed by atoms with Crippen LogP contribution in [-0.2, 0) is 11.2 Å². The summed E-state index contributed by atoms with van der Waals surface area (Å²) in [5.74, 6) is 1.39. The second kappa shape index (κ2) is 9.85. The Labute approximate surface area is 209 Å². The zero-order valence-corrected chi connectivity index (χ0v) is 22.0. The molecule has 2 saturated carbocycles. The summed E-state index contributed by atoms with van der Waals surface area (Å²) >= 11 is 0. The van der Waals surface area contributed by atoms with Gasteiger partial charge in [0.2, 0.25) is 5.91 Å². The molecule has 0 atom stereocenters. The summed E-state index contributed by atoms with van der Waals surface area (Å²) in [6.07, 6.45) is 20.6. The number of carbonyl (C=O) groups excluding carboxylic acids is 1. The van der Waals surface area contributed by atoms with Crippen molar-refractivity contribution in [2.24, 2.45) is 5.92 Å². The number of nitrogens with zero attached hydrogens (tertiary/aromatic N) is 4. The lowest BCUT2D eigenvalue weighted by molar-refractivity contribution is -0.121. The van der Waals surface area contributed by atoms with Crippen molar-refractivity contribution in [3.8, 4) is 6.07 Å². The molecule has 3 heterocycles. The summed E-state index contributed by atoms with van der Waals surface area (Å²) in [5.41, 5.74) is 2.79. The highest BCUT2D eigenvalue weighted by molar-refractivity contribution is 8.32. The van der Waals surface area contributed by atoms with E-state index in [4.69, 9.17) is 10.2 Å². The number of nitriles is 1. The van der Waals surface area contributed by atoms with Crippen LogP contribution in [0.15, 0.2) is 18.5 Å². The summed E-state index contributed by atoms with van der Waals surface area (Å²) in [4.78, 5) is 25.9. The first-order chi connectivity index (χ1) is 16.8. The minimum absolute atomic E-state index is 0.0737. The zero-order valence-electron chi connectivity index (χ0n) is 21.2. The van der Waals surface area contributed by atoms with E-state index in [0.29, 0.717) is 24.8 Å². The van der Waals surface area contributed by atoms with Gasteiger partial charge < -0.3 is 14.9 Å². The minimum atomic E-state index is -0.532. The molecule has 5 rings (SSSR count). The smallest absolute Gasteiger partial charge is 0.227 e. The SMILES string of the molecule is CS(C)(C)[C@H]1CC[C@H](NC(=O)Cc2nc3cnc4[nH]ccc4c3n2[C@H]2CC[C@H](CC#N)CC2)CC1. The van der Waals surface area contributed by atoms with Crippen LogP contribution in [0.1, 0.15) is 69.7 Å². The largest absolute Gasteiger partial charge is 0.353 e. The van der Waals surface area contributed by atoms with E-state index < -0.39 is 10.0 Å². The van der Waals surface area contributed by atoms with E-state index in [1.165, 1.54) is 12.8 Å². The number of hydrogen-bond acceptors (Lipinski definition) is 4. The van der Waals surface area contributed by atoms with E-state index in [1.54, 1.807) is 0 Å². The van der Waals surface area contributed by atoms with E-state index in [1.807, 2.05) is 12.4 Å². The van der Waals surface area contributed by atoms with Crippen molar-refractivity contribution >= 4 is 38.0 Å². The molecule has 0 aliphatic heterocycles. The third kappa shape index (κ3) is 5.06. The molecule has 7 nitrogen and oxygen atoms in total. The lowest BCUT2D eigenvalue weighted by atomic mass is 9.84. The van der Waals surface area contributed by atoms with Gasteiger partial charge in [0.1, 0.15) is 17.0 Å². The maximum absolute atomic E-state index is 13.2. The molecule has 2 aliphatic carbocycles. The summed E-state index contributed by atoms with van der Waals surface area (Å²) in [6.45, 7) is 0. The van der Waals surface area contributed by atoms with Crippen LogP contribution >= 0.6 is 10.0 Å². The fourth-order valence-corrected chi connectivity index (χ4v) is 7.92.